The summed E-state index contributed by atoms with van der Waals surface area (Å²) in [7, 11) is 0. The first-order valence-corrected chi connectivity index (χ1v) is 7.25. The van der Waals surface area contributed by atoms with Crippen LogP contribution in [0.25, 0.3) is 0 Å². The van der Waals surface area contributed by atoms with Gasteiger partial charge in [-0.25, -0.2) is 0 Å². The maximum absolute atomic E-state index is 14.6. The first-order chi connectivity index (χ1) is 9.85. The molecule has 110 valence electrons. The molecular formula is C17H16F2OS. The fraction of sp³-hybridized carbons (Fsp3) is 0.176. The molecule has 1 N–H and O–H groups in total. The Bertz CT molecular complexity index is 609. The normalized spacial score (nSPS) is 14.5. The summed E-state index contributed by atoms with van der Waals surface area (Å²) < 4.78 is 29.2. The number of aliphatic hydroxyl groups is 1. The molecule has 0 radical (unpaired) electrons. The van der Waals surface area contributed by atoms with E-state index in [1.807, 2.05) is 6.07 Å². The Labute approximate surface area is 127 Å². The number of hydrogen-bond acceptors (Lipinski definition) is 2. The van der Waals surface area contributed by atoms with Crippen LogP contribution in [0.1, 0.15) is 12.5 Å². The predicted octanol–water partition coefficient (Wildman–Crippen LogP) is 4.84. The average molecular weight is 306 g/mol. The van der Waals surface area contributed by atoms with Gasteiger partial charge < -0.3 is 5.11 Å². The van der Waals surface area contributed by atoms with Gasteiger partial charge in [-0.15, -0.1) is 0 Å². The Morgan fingerprint density at radius 1 is 1.00 bits per heavy atom. The van der Waals surface area contributed by atoms with E-state index in [-0.39, 0.29) is 10.5 Å². The van der Waals surface area contributed by atoms with E-state index in [1.165, 1.54) is 12.1 Å². The van der Waals surface area contributed by atoms with Gasteiger partial charge in [0.15, 0.2) is 5.60 Å². The van der Waals surface area contributed by atoms with Gasteiger partial charge in [-0.2, -0.15) is 8.78 Å². The maximum Gasteiger partial charge on any atom is 0.310 e. The zero-order chi connectivity index (χ0) is 15.5. The third kappa shape index (κ3) is 3.17. The Hall–Kier alpha value is -1.65. The van der Waals surface area contributed by atoms with Crippen LogP contribution in [-0.4, -0.2) is 11.0 Å². The summed E-state index contributed by atoms with van der Waals surface area (Å²) in [5, 5.41) is 10.3. The van der Waals surface area contributed by atoms with Gasteiger partial charge in [0.2, 0.25) is 0 Å². The number of thioether (sulfide) groups is 1. The van der Waals surface area contributed by atoms with Gasteiger partial charge in [0.25, 0.3) is 0 Å². The van der Waals surface area contributed by atoms with Crippen molar-refractivity contribution in [2.45, 2.75) is 23.3 Å². The molecule has 2 rings (SSSR count). The van der Waals surface area contributed by atoms with Crippen LogP contribution < -0.4 is 0 Å². The van der Waals surface area contributed by atoms with E-state index in [0.29, 0.717) is 4.90 Å². The molecule has 0 bridgehead atoms. The Kier molecular flexibility index (Phi) is 4.49. The van der Waals surface area contributed by atoms with Crippen LogP contribution in [-0.2, 0) is 5.60 Å². The first kappa shape index (κ1) is 15.7. The molecule has 0 saturated heterocycles. The van der Waals surface area contributed by atoms with Gasteiger partial charge >= 0.3 is 5.92 Å². The fourth-order valence-corrected chi connectivity index (χ4v) is 2.81. The minimum Gasteiger partial charge on any atom is -0.379 e. The average Bonchev–Trinajstić information content (AvgIpc) is 2.49. The smallest absolute Gasteiger partial charge is 0.310 e. The first-order valence-electron chi connectivity index (χ1n) is 6.43. The molecule has 1 nitrogen and oxygen atoms in total. The number of rotatable bonds is 5. The van der Waals surface area contributed by atoms with Gasteiger partial charge in [0, 0.05) is 4.90 Å². The second-order valence-corrected chi connectivity index (χ2v) is 6.02. The van der Waals surface area contributed by atoms with Crippen molar-refractivity contribution in [3.8, 4) is 0 Å². The second-order valence-electron chi connectivity index (χ2n) is 4.85. The lowest BCUT2D eigenvalue weighted by molar-refractivity contribution is -0.147. The highest BCUT2D eigenvalue weighted by atomic mass is 32.2. The molecule has 0 aliphatic carbocycles. The molecule has 0 aliphatic heterocycles. The van der Waals surface area contributed by atoms with Gasteiger partial charge in [-0.05, 0) is 24.6 Å². The lowest BCUT2D eigenvalue weighted by atomic mass is 9.89. The van der Waals surface area contributed by atoms with Crippen molar-refractivity contribution in [2.24, 2.45) is 0 Å². The van der Waals surface area contributed by atoms with Crippen LogP contribution >= 0.6 is 11.8 Å². The summed E-state index contributed by atoms with van der Waals surface area (Å²) >= 11 is 0.868. The number of hydrogen-bond donors (Lipinski definition) is 1. The molecule has 2 aromatic carbocycles. The maximum atomic E-state index is 14.6. The van der Waals surface area contributed by atoms with Gasteiger partial charge in [-0.3, -0.25) is 0 Å². The van der Waals surface area contributed by atoms with Crippen LogP contribution in [0.4, 0.5) is 8.78 Å². The summed E-state index contributed by atoms with van der Waals surface area (Å²) in [6.45, 7) is 4.58. The van der Waals surface area contributed by atoms with Crippen molar-refractivity contribution in [3.05, 3.63) is 77.7 Å². The Balaban J connectivity index is 2.26. The minimum atomic E-state index is -3.46. The predicted molar refractivity (Wildman–Crippen MR) is 82.4 cm³/mol. The van der Waals surface area contributed by atoms with Gasteiger partial charge in [0.05, 0.1) is 4.91 Å². The van der Waals surface area contributed by atoms with Crippen molar-refractivity contribution in [3.63, 3.8) is 0 Å². The molecule has 21 heavy (non-hydrogen) atoms. The Morgan fingerprint density at radius 3 is 2.00 bits per heavy atom. The SMILES string of the molecule is C=C(Sc1ccccc1)C(F)(F)C(C)(O)c1ccccc1. The molecule has 0 spiro atoms. The lowest BCUT2D eigenvalue weighted by Crippen LogP contribution is -2.43. The quantitative estimate of drug-likeness (QED) is 0.798. The van der Waals surface area contributed by atoms with E-state index in [9.17, 15) is 13.9 Å². The summed E-state index contributed by atoms with van der Waals surface area (Å²) in [6.07, 6.45) is 0. The van der Waals surface area contributed by atoms with Crippen molar-refractivity contribution >= 4 is 11.8 Å². The molecule has 1 unspecified atom stereocenters. The van der Waals surface area contributed by atoms with Crippen molar-refractivity contribution < 1.29 is 13.9 Å². The highest BCUT2D eigenvalue weighted by molar-refractivity contribution is 8.03. The number of halogens is 2. The zero-order valence-corrected chi connectivity index (χ0v) is 12.4. The van der Waals surface area contributed by atoms with E-state index in [0.717, 1.165) is 18.7 Å². The molecular weight excluding hydrogens is 290 g/mol. The van der Waals surface area contributed by atoms with E-state index in [2.05, 4.69) is 6.58 Å². The van der Waals surface area contributed by atoms with Crippen molar-refractivity contribution in [1.29, 1.82) is 0 Å². The van der Waals surface area contributed by atoms with Crippen LogP contribution in [0, 0.1) is 0 Å². The number of benzene rings is 2. The monoisotopic (exact) mass is 306 g/mol. The standard InChI is InChI=1S/C17H16F2OS/c1-13(21-15-11-7-4-8-12-15)17(18,19)16(2,20)14-9-5-3-6-10-14/h3-12,20H,1H2,2H3. The third-order valence-electron chi connectivity index (χ3n) is 3.28. The van der Waals surface area contributed by atoms with Crippen LogP contribution in [0.2, 0.25) is 0 Å². The zero-order valence-electron chi connectivity index (χ0n) is 11.6. The van der Waals surface area contributed by atoms with Crippen LogP contribution in [0.5, 0.6) is 0 Å². The second kappa shape index (κ2) is 6.00. The number of alkyl halides is 2. The van der Waals surface area contributed by atoms with Gasteiger partial charge in [-0.1, -0.05) is 66.9 Å². The van der Waals surface area contributed by atoms with Crippen molar-refractivity contribution in [1.82, 2.24) is 0 Å². The van der Waals surface area contributed by atoms with E-state index < -0.39 is 11.5 Å². The minimum absolute atomic E-state index is 0.157. The summed E-state index contributed by atoms with van der Waals surface area (Å²) in [5.74, 6) is -3.46. The lowest BCUT2D eigenvalue weighted by Gasteiger charge is -2.34. The molecule has 1 atom stereocenters. The molecule has 4 heteroatoms. The highest BCUT2D eigenvalue weighted by Crippen LogP contribution is 2.47. The van der Waals surface area contributed by atoms with E-state index in [1.54, 1.807) is 42.5 Å². The molecule has 0 heterocycles. The van der Waals surface area contributed by atoms with Gasteiger partial charge in [0.1, 0.15) is 0 Å². The summed E-state index contributed by atoms with van der Waals surface area (Å²) in [4.78, 5) is 0.272. The largest absolute Gasteiger partial charge is 0.379 e. The van der Waals surface area contributed by atoms with E-state index >= 15 is 0 Å². The molecule has 0 aromatic heterocycles. The molecule has 0 fully saturated rings. The highest BCUT2D eigenvalue weighted by Gasteiger charge is 2.52. The summed E-state index contributed by atoms with van der Waals surface area (Å²) in [5.41, 5.74) is -2.16. The molecule has 2 aromatic rings. The van der Waals surface area contributed by atoms with Crippen LogP contribution in [0.3, 0.4) is 0 Å². The van der Waals surface area contributed by atoms with Crippen LogP contribution in [0.15, 0.2) is 77.0 Å². The van der Waals surface area contributed by atoms with E-state index in [4.69, 9.17) is 0 Å². The Morgan fingerprint density at radius 2 is 1.48 bits per heavy atom. The topological polar surface area (TPSA) is 20.2 Å². The fourth-order valence-electron chi connectivity index (χ4n) is 1.91. The molecule has 0 amide bonds. The third-order valence-corrected chi connectivity index (χ3v) is 4.29. The summed E-state index contributed by atoms with van der Waals surface area (Å²) in [6, 6.07) is 16.7. The molecule has 0 aliphatic rings. The van der Waals surface area contributed by atoms with Crippen molar-refractivity contribution in [2.75, 3.05) is 0 Å². The molecule has 0 saturated carbocycles.